The molecule has 2 aliphatic rings. The van der Waals surface area contributed by atoms with E-state index in [0.29, 0.717) is 0 Å². The summed E-state index contributed by atoms with van der Waals surface area (Å²) in [5.74, 6) is 2.56. The van der Waals surface area contributed by atoms with Crippen molar-refractivity contribution in [3.05, 3.63) is 41.6 Å². The van der Waals surface area contributed by atoms with Crippen molar-refractivity contribution in [3.8, 4) is 0 Å². The van der Waals surface area contributed by atoms with Crippen LogP contribution in [0.2, 0.25) is 0 Å². The van der Waals surface area contributed by atoms with Crippen LogP contribution in [0.5, 0.6) is 0 Å². The van der Waals surface area contributed by atoms with Crippen LogP contribution >= 0.6 is 0 Å². The van der Waals surface area contributed by atoms with Crippen LogP contribution in [-0.2, 0) is 6.54 Å². The average molecular weight is 310 g/mol. The van der Waals surface area contributed by atoms with Crippen LogP contribution in [0.15, 0.2) is 24.7 Å². The van der Waals surface area contributed by atoms with Crippen LogP contribution in [0.4, 0.5) is 5.82 Å². The summed E-state index contributed by atoms with van der Waals surface area (Å²) < 4.78 is 0. The summed E-state index contributed by atoms with van der Waals surface area (Å²) in [5, 5.41) is 8.17. The van der Waals surface area contributed by atoms with E-state index in [4.69, 9.17) is 0 Å². The maximum absolute atomic E-state index is 4.52. The Kier molecular flexibility index (Phi) is 3.69. The minimum atomic E-state index is 0.723. The third-order valence-corrected chi connectivity index (χ3v) is 5.18. The highest BCUT2D eigenvalue weighted by molar-refractivity contribution is 5.48. The quantitative estimate of drug-likeness (QED) is 0.855. The van der Waals surface area contributed by atoms with Gasteiger partial charge in [0, 0.05) is 50.2 Å². The molecule has 0 radical (unpaired) electrons. The van der Waals surface area contributed by atoms with Crippen molar-refractivity contribution in [3.63, 3.8) is 0 Å². The molecule has 0 saturated carbocycles. The molecular formula is C17H22N6. The zero-order chi connectivity index (χ0) is 15.8. The topological polar surface area (TPSA) is 58.0 Å². The van der Waals surface area contributed by atoms with Gasteiger partial charge in [0.1, 0.15) is 12.1 Å². The van der Waals surface area contributed by atoms with Crippen molar-refractivity contribution in [1.29, 1.82) is 0 Å². The van der Waals surface area contributed by atoms with Crippen LogP contribution in [0.25, 0.3) is 0 Å². The number of rotatable bonds is 3. The largest absolute Gasteiger partial charge is 0.356 e. The predicted molar refractivity (Wildman–Crippen MR) is 88.0 cm³/mol. The van der Waals surface area contributed by atoms with Gasteiger partial charge in [0.05, 0.1) is 5.69 Å². The highest BCUT2D eigenvalue weighted by atomic mass is 15.3. The lowest BCUT2D eigenvalue weighted by atomic mass is 10.0. The van der Waals surface area contributed by atoms with E-state index in [-0.39, 0.29) is 0 Å². The number of nitrogens with zero attached hydrogens (tertiary/aromatic N) is 6. The second kappa shape index (κ2) is 5.85. The minimum Gasteiger partial charge on any atom is -0.356 e. The molecular weight excluding hydrogens is 288 g/mol. The van der Waals surface area contributed by atoms with Crippen LogP contribution < -0.4 is 4.90 Å². The van der Waals surface area contributed by atoms with Gasteiger partial charge in [-0.1, -0.05) is 0 Å². The van der Waals surface area contributed by atoms with Crippen LogP contribution in [0.3, 0.4) is 0 Å². The fraction of sp³-hybridized carbons (Fsp3) is 0.529. The van der Waals surface area contributed by atoms with Gasteiger partial charge < -0.3 is 4.90 Å². The highest BCUT2D eigenvalue weighted by Gasteiger charge is 2.40. The summed E-state index contributed by atoms with van der Waals surface area (Å²) in [5.41, 5.74) is 3.35. The molecule has 2 aliphatic heterocycles. The number of fused-ring (bicyclic) bond motifs is 1. The van der Waals surface area contributed by atoms with Crippen molar-refractivity contribution in [1.82, 2.24) is 25.1 Å². The molecule has 0 spiro atoms. The molecule has 0 amide bonds. The predicted octanol–water partition coefficient (Wildman–Crippen LogP) is 1.45. The fourth-order valence-electron chi connectivity index (χ4n) is 3.88. The zero-order valence-corrected chi connectivity index (χ0v) is 13.7. The van der Waals surface area contributed by atoms with E-state index in [1.807, 2.05) is 6.07 Å². The summed E-state index contributed by atoms with van der Waals surface area (Å²) in [6.07, 6.45) is 3.41. The SMILES string of the molecule is Cc1ncnc(N2CC3CN(Cc4cccnn4)CC3C2)c1C. The first-order valence-corrected chi connectivity index (χ1v) is 8.23. The molecule has 2 atom stereocenters. The molecule has 0 aliphatic carbocycles. The van der Waals surface area contributed by atoms with Gasteiger partial charge in [-0.25, -0.2) is 9.97 Å². The van der Waals surface area contributed by atoms with E-state index < -0.39 is 0 Å². The lowest BCUT2D eigenvalue weighted by Crippen LogP contribution is -2.29. The second-order valence-corrected chi connectivity index (χ2v) is 6.74. The Morgan fingerprint density at radius 1 is 1.09 bits per heavy atom. The average Bonchev–Trinajstić information content (AvgIpc) is 3.09. The number of aryl methyl sites for hydroxylation is 1. The number of hydrogen-bond donors (Lipinski definition) is 0. The third kappa shape index (κ3) is 2.79. The number of anilines is 1. The van der Waals surface area contributed by atoms with Crippen LogP contribution in [0.1, 0.15) is 17.0 Å². The first-order valence-electron chi connectivity index (χ1n) is 8.23. The summed E-state index contributed by atoms with van der Waals surface area (Å²) in [4.78, 5) is 13.8. The Bertz CT molecular complexity index is 675. The van der Waals surface area contributed by atoms with E-state index in [0.717, 1.165) is 61.8 Å². The molecule has 6 nitrogen and oxygen atoms in total. The van der Waals surface area contributed by atoms with Gasteiger partial charge >= 0.3 is 0 Å². The number of likely N-dealkylation sites (tertiary alicyclic amines) is 1. The molecule has 2 saturated heterocycles. The molecule has 2 fully saturated rings. The standard InChI is InChI=1S/C17H22N6/c1-12-13(2)18-11-19-17(12)23-8-14-6-22(7-15(14)9-23)10-16-4-3-5-20-21-16/h3-5,11,14-15H,6-10H2,1-2H3. The van der Waals surface area contributed by atoms with Crippen LogP contribution in [0, 0.1) is 25.7 Å². The Morgan fingerprint density at radius 3 is 2.57 bits per heavy atom. The number of hydrogen-bond acceptors (Lipinski definition) is 6. The van der Waals surface area contributed by atoms with Crippen molar-refractivity contribution in [2.24, 2.45) is 11.8 Å². The molecule has 2 unspecified atom stereocenters. The smallest absolute Gasteiger partial charge is 0.135 e. The van der Waals surface area contributed by atoms with E-state index in [2.05, 4.69) is 49.9 Å². The highest BCUT2D eigenvalue weighted by Crippen LogP contribution is 2.34. The molecule has 4 rings (SSSR count). The Morgan fingerprint density at radius 2 is 1.87 bits per heavy atom. The molecule has 120 valence electrons. The van der Waals surface area contributed by atoms with Gasteiger partial charge in [0.2, 0.25) is 0 Å². The monoisotopic (exact) mass is 310 g/mol. The van der Waals surface area contributed by atoms with Gasteiger partial charge in [0.25, 0.3) is 0 Å². The lowest BCUT2D eigenvalue weighted by molar-refractivity contribution is 0.304. The van der Waals surface area contributed by atoms with Gasteiger partial charge in [-0.3, -0.25) is 4.90 Å². The van der Waals surface area contributed by atoms with E-state index >= 15 is 0 Å². The minimum absolute atomic E-state index is 0.723. The van der Waals surface area contributed by atoms with Gasteiger partial charge in [-0.05, 0) is 37.8 Å². The summed E-state index contributed by atoms with van der Waals surface area (Å²) in [6, 6.07) is 4.02. The van der Waals surface area contributed by atoms with Gasteiger partial charge in [-0.2, -0.15) is 10.2 Å². The lowest BCUT2D eigenvalue weighted by Gasteiger charge is -2.23. The Hall–Kier alpha value is -2.08. The fourth-order valence-corrected chi connectivity index (χ4v) is 3.88. The van der Waals surface area contributed by atoms with Crippen LogP contribution in [-0.4, -0.2) is 51.2 Å². The Labute approximate surface area is 136 Å². The van der Waals surface area contributed by atoms with Gasteiger partial charge in [0.15, 0.2) is 0 Å². The summed E-state index contributed by atoms with van der Waals surface area (Å²) >= 11 is 0. The maximum Gasteiger partial charge on any atom is 0.135 e. The Balaban J connectivity index is 1.41. The third-order valence-electron chi connectivity index (χ3n) is 5.18. The van der Waals surface area contributed by atoms with Crippen molar-refractivity contribution in [2.75, 3.05) is 31.1 Å². The van der Waals surface area contributed by atoms with Crippen molar-refractivity contribution < 1.29 is 0 Å². The molecule has 6 heteroatoms. The van der Waals surface area contributed by atoms with Crippen molar-refractivity contribution >= 4 is 5.82 Å². The molecule has 23 heavy (non-hydrogen) atoms. The first kappa shape index (κ1) is 14.5. The molecule has 4 heterocycles. The first-order chi connectivity index (χ1) is 11.2. The van der Waals surface area contributed by atoms with E-state index in [9.17, 15) is 0 Å². The second-order valence-electron chi connectivity index (χ2n) is 6.74. The molecule has 0 N–H and O–H groups in total. The normalized spacial score (nSPS) is 24.2. The van der Waals surface area contributed by atoms with E-state index in [1.165, 1.54) is 5.56 Å². The van der Waals surface area contributed by atoms with E-state index in [1.54, 1.807) is 12.5 Å². The zero-order valence-electron chi connectivity index (χ0n) is 13.7. The molecule has 0 aromatic carbocycles. The summed E-state index contributed by atoms with van der Waals surface area (Å²) in [7, 11) is 0. The van der Waals surface area contributed by atoms with Gasteiger partial charge in [-0.15, -0.1) is 0 Å². The summed E-state index contributed by atoms with van der Waals surface area (Å²) in [6.45, 7) is 9.56. The van der Waals surface area contributed by atoms with Crippen molar-refractivity contribution in [2.45, 2.75) is 20.4 Å². The molecule has 2 aromatic heterocycles. The maximum atomic E-state index is 4.52. The molecule has 0 bridgehead atoms. The number of aromatic nitrogens is 4. The molecule has 2 aromatic rings.